The van der Waals surface area contributed by atoms with Crippen LogP contribution in [-0.4, -0.2) is 36.0 Å². The van der Waals surface area contributed by atoms with Gasteiger partial charge < -0.3 is 14.6 Å². The standard InChI is InChI=1S/C33H60O4/c1-12-14-15-16-24(3)20-33(13-2,21-25(4)26(5)22-34)30(35)28(17-18-31(7,8)9)19-29-23-36-32(10,11)37-27(29)6/h19,21,24,26-28,34H,12-18,20,22-23H2,1-11H3/b25-21-,29-19-/t24-,26?,27?,28?,33?/m1/s1. The maximum absolute atomic E-state index is 14.7. The number of ketones is 1. The Hall–Kier alpha value is -0.970. The number of rotatable bonds is 15. The normalized spacial score (nSPS) is 23.9. The number of ether oxygens (including phenoxy) is 2. The van der Waals surface area contributed by atoms with Crippen LogP contribution in [0, 0.1) is 28.6 Å². The Morgan fingerprint density at radius 3 is 2.32 bits per heavy atom. The van der Waals surface area contributed by atoms with Crippen LogP contribution >= 0.6 is 0 Å². The summed E-state index contributed by atoms with van der Waals surface area (Å²) in [7, 11) is 0. The predicted molar refractivity (Wildman–Crippen MR) is 157 cm³/mol. The lowest BCUT2D eigenvalue weighted by molar-refractivity contribution is -0.248. The molecule has 216 valence electrons. The van der Waals surface area contributed by atoms with Gasteiger partial charge in [-0.1, -0.05) is 91.9 Å². The summed E-state index contributed by atoms with van der Waals surface area (Å²) in [5, 5.41) is 9.85. The van der Waals surface area contributed by atoms with Crippen LogP contribution < -0.4 is 0 Å². The maximum Gasteiger partial charge on any atom is 0.163 e. The molecule has 0 aliphatic carbocycles. The van der Waals surface area contributed by atoms with Gasteiger partial charge in [0, 0.05) is 17.9 Å². The molecular weight excluding hydrogens is 460 g/mol. The van der Waals surface area contributed by atoms with Gasteiger partial charge in [-0.2, -0.15) is 0 Å². The summed E-state index contributed by atoms with van der Waals surface area (Å²) in [6.07, 6.45) is 12.5. The summed E-state index contributed by atoms with van der Waals surface area (Å²) in [5.74, 6) is 0.0177. The quantitative estimate of drug-likeness (QED) is 0.173. The van der Waals surface area contributed by atoms with Crippen molar-refractivity contribution in [2.24, 2.45) is 28.6 Å². The molecule has 0 spiro atoms. The van der Waals surface area contributed by atoms with Crippen LogP contribution in [0.2, 0.25) is 0 Å². The third kappa shape index (κ3) is 11.3. The van der Waals surface area contributed by atoms with E-state index in [4.69, 9.17) is 9.47 Å². The molecule has 4 heteroatoms. The lowest BCUT2D eigenvalue weighted by Crippen LogP contribution is -2.41. The summed E-state index contributed by atoms with van der Waals surface area (Å²) in [5.41, 5.74) is 1.78. The molecule has 1 aliphatic rings. The summed E-state index contributed by atoms with van der Waals surface area (Å²) >= 11 is 0. The van der Waals surface area contributed by atoms with E-state index in [2.05, 4.69) is 67.5 Å². The molecule has 1 rings (SSSR count). The number of Topliss-reactive ketones (excluding diaryl/α,β-unsaturated/α-hetero) is 1. The van der Waals surface area contributed by atoms with Gasteiger partial charge in [0.05, 0.1) is 12.7 Å². The van der Waals surface area contributed by atoms with Gasteiger partial charge >= 0.3 is 0 Å². The first kappa shape index (κ1) is 34.1. The van der Waals surface area contributed by atoms with Crippen LogP contribution in [0.15, 0.2) is 23.3 Å². The molecule has 0 aromatic heterocycles. The van der Waals surface area contributed by atoms with E-state index in [-0.39, 0.29) is 30.0 Å². The second-order valence-corrected chi connectivity index (χ2v) is 13.5. The second-order valence-electron chi connectivity index (χ2n) is 13.5. The fourth-order valence-corrected chi connectivity index (χ4v) is 5.44. The van der Waals surface area contributed by atoms with Gasteiger partial charge in [0.15, 0.2) is 5.79 Å². The first-order valence-electron chi connectivity index (χ1n) is 15.0. The first-order chi connectivity index (χ1) is 17.1. The van der Waals surface area contributed by atoms with E-state index in [1.165, 1.54) is 19.3 Å². The molecule has 1 N–H and O–H groups in total. The molecule has 0 aromatic carbocycles. The van der Waals surface area contributed by atoms with Crippen molar-refractivity contribution >= 4 is 5.78 Å². The van der Waals surface area contributed by atoms with Gasteiger partial charge in [-0.05, 0) is 76.2 Å². The van der Waals surface area contributed by atoms with E-state index >= 15 is 0 Å². The Balaban J connectivity index is 3.49. The molecular formula is C33H60O4. The topological polar surface area (TPSA) is 55.8 Å². The number of hydrogen-bond acceptors (Lipinski definition) is 4. The van der Waals surface area contributed by atoms with E-state index in [0.29, 0.717) is 18.3 Å². The Bertz CT molecular complexity index is 757. The Morgan fingerprint density at radius 2 is 1.81 bits per heavy atom. The van der Waals surface area contributed by atoms with Crippen molar-refractivity contribution in [3.05, 3.63) is 23.3 Å². The Labute approximate surface area is 229 Å². The van der Waals surface area contributed by atoms with Crippen molar-refractivity contribution in [2.75, 3.05) is 13.2 Å². The highest BCUT2D eigenvalue weighted by Crippen LogP contribution is 2.41. The number of allylic oxidation sites excluding steroid dienone is 2. The van der Waals surface area contributed by atoms with E-state index < -0.39 is 11.2 Å². The molecule has 1 aliphatic heterocycles. The Kier molecular flexibility index (Phi) is 13.8. The average Bonchev–Trinajstić information content (AvgIpc) is 2.80. The lowest BCUT2D eigenvalue weighted by Gasteiger charge is -2.38. The van der Waals surface area contributed by atoms with Crippen LogP contribution in [-0.2, 0) is 14.3 Å². The van der Waals surface area contributed by atoms with Crippen LogP contribution in [0.25, 0.3) is 0 Å². The molecule has 0 saturated carbocycles. The van der Waals surface area contributed by atoms with Crippen molar-refractivity contribution in [3.63, 3.8) is 0 Å². The van der Waals surface area contributed by atoms with Gasteiger partial charge in [0.2, 0.25) is 0 Å². The van der Waals surface area contributed by atoms with Gasteiger partial charge in [-0.15, -0.1) is 0 Å². The minimum Gasteiger partial charge on any atom is -0.396 e. The molecule has 1 fully saturated rings. The SMILES string of the molecule is CCCCC[C@@H](C)CC(/C=C(/C)C(C)CO)(CC)C(=O)C(/C=C1/COC(C)(C)OC1C)CCC(C)(C)C. The minimum atomic E-state index is -0.608. The van der Waals surface area contributed by atoms with E-state index in [1.807, 2.05) is 20.8 Å². The van der Waals surface area contributed by atoms with Gasteiger partial charge in [-0.25, -0.2) is 0 Å². The monoisotopic (exact) mass is 520 g/mol. The number of unbranched alkanes of at least 4 members (excludes halogenated alkanes) is 2. The first-order valence-corrected chi connectivity index (χ1v) is 15.0. The van der Waals surface area contributed by atoms with Crippen LogP contribution in [0.3, 0.4) is 0 Å². The minimum absolute atomic E-state index is 0.0444. The molecule has 0 bridgehead atoms. The number of carbonyl (C=O) groups excluding carboxylic acids is 1. The highest BCUT2D eigenvalue weighted by atomic mass is 16.7. The zero-order chi connectivity index (χ0) is 28.4. The second kappa shape index (κ2) is 15.0. The van der Waals surface area contributed by atoms with E-state index in [1.54, 1.807) is 0 Å². The summed E-state index contributed by atoms with van der Waals surface area (Å²) in [6, 6.07) is 0. The number of hydrogen-bond donors (Lipinski definition) is 1. The lowest BCUT2D eigenvalue weighted by atomic mass is 9.67. The van der Waals surface area contributed by atoms with Gasteiger partial charge in [0.25, 0.3) is 0 Å². The van der Waals surface area contributed by atoms with Crippen LogP contribution in [0.1, 0.15) is 128 Å². The molecule has 1 heterocycles. The third-order valence-corrected chi connectivity index (χ3v) is 8.22. The van der Waals surface area contributed by atoms with Gasteiger partial charge in [-0.3, -0.25) is 4.79 Å². The Morgan fingerprint density at radius 1 is 1.16 bits per heavy atom. The van der Waals surface area contributed by atoms with Crippen molar-refractivity contribution in [2.45, 2.75) is 139 Å². The fraction of sp³-hybridized carbons (Fsp3) is 0.848. The van der Waals surface area contributed by atoms with E-state index in [0.717, 1.165) is 43.3 Å². The smallest absolute Gasteiger partial charge is 0.163 e. The van der Waals surface area contributed by atoms with Crippen molar-refractivity contribution in [1.29, 1.82) is 0 Å². The largest absolute Gasteiger partial charge is 0.396 e. The van der Waals surface area contributed by atoms with Crippen molar-refractivity contribution in [3.8, 4) is 0 Å². The fourth-order valence-electron chi connectivity index (χ4n) is 5.44. The summed E-state index contributed by atoms with van der Waals surface area (Å²) in [4.78, 5) is 14.7. The zero-order valence-electron chi connectivity index (χ0n) is 26.2. The molecule has 1 saturated heterocycles. The average molecular weight is 521 g/mol. The number of carbonyl (C=O) groups is 1. The molecule has 0 aromatic rings. The molecule has 0 amide bonds. The predicted octanol–water partition coefficient (Wildman–Crippen LogP) is 8.67. The number of aliphatic hydroxyl groups is 1. The molecule has 37 heavy (non-hydrogen) atoms. The molecule has 4 unspecified atom stereocenters. The van der Waals surface area contributed by atoms with Crippen LogP contribution in [0.4, 0.5) is 0 Å². The maximum atomic E-state index is 14.7. The summed E-state index contributed by atoms with van der Waals surface area (Å²) < 4.78 is 12.1. The van der Waals surface area contributed by atoms with E-state index in [9.17, 15) is 9.90 Å². The van der Waals surface area contributed by atoms with Gasteiger partial charge in [0.1, 0.15) is 5.78 Å². The highest BCUT2D eigenvalue weighted by molar-refractivity contribution is 5.90. The molecule has 4 nitrogen and oxygen atoms in total. The van der Waals surface area contributed by atoms with Crippen LogP contribution in [0.5, 0.6) is 0 Å². The van der Waals surface area contributed by atoms with Crippen molar-refractivity contribution in [1.82, 2.24) is 0 Å². The molecule has 0 radical (unpaired) electrons. The molecule has 5 atom stereocenters. The highest BCUT2D eigenvalue weighted by Gasteiger charge is 2.40. The van der Waals surface area contributed by atoms with Crippen molar-refractivity contribution < 1.29 is 19.4 Å². The zero-order valence-corrected chi connectivity index (χ0v) is 26.2. The third-order valence-electron chi connectivity index (χ3n) is 8.22. The number of aliphatic hydroxyl groups excluding tert-OH is 1. The summed E-state index contributed by atoms with van der Waals surface area (Å²) in [6.45, 7) is 24.1.